The van der Waals surface area contributed by atoms with Crippen LogP contribution in [0.5, 0.6) is 0 Å². The largest absolute Gasteiger partial charge is 0.324 e. The van der Waals surface area contributed by atoms with E-state index in [9.17, 15) is 8.78 Å². The van der Waals surface area contributed by atoms with Crippen LogP contribution in [0, 0.1) is 11.6 Å². The highest BCUT2D eigenvalue weighted by molar-refractivity contribution is 5.21. The highest BCUT2D eigenvalue weighted by atomic mass is 19.1. The maximum Gasteiger partial charge on any atom is 0.126 e. The van der Waals surface area contributed by atoms with Crippen molar-refractivity contribution in [3.8, 4) is 0 Å². The highest BCUT2D eigenvalue weighted by Gasteiger charge is 2.23. The van der Waals surface area contributed by atoms with Gasteiger partial charge in [-0.1, -0.05) is 6.92 Å². The molecule has 0 bridgehead atoms. The number of nitrogens with zero attached hydrogens (tertiary/aromatic N) is 2. The van der Waals surface area contributed by atoms with E-state index in [1.54, 1.807) is 0 Å². The highest BCUT2D eigenvalue weighted by Crippen LogP contribution is 2.19. The van der Waals surface area contributed by atoms with Gasteiger partial charge in [0.25, 0.3) is 0 Å². The average Bonchev–Trinajstić information content (AvgIpc) is 2.45. The van der Waals surface area contributed by atoms with Crippen LogP contribution >= 0.6 is 0 Å². The predicted molar refractivity (Wildman–Crippen MR) is 81.1 cm³/mol. The Morgan fingerprint density at radius 3 is 2.52 bits per heavy atom. The van der Waals surface area contributed by atoms with Gasteiger partial charge in [0.05, 0.1) is 0 Å². The molecule has 0 aromatic heterocycles. The SMILES string of the molecule is CCC1CN(CCC(N)c2cc(F)cc(F)c2)CCN1C. The first-order valence-electron chi connectivity index (χ1n) is 7.63. The lowest BCUT2D eigenvalue weighted by Crippen LogP contribution is -2.51. The normalized spacial score (nSPS) is 22.4. The van der Waals surface area contributed by atoms with Gasteiger partial charge < -0.3 is 15.5 Å². The third-order valence-corrected chi connectivity index (χ3v) is 4.40. The van der Waals surface area contributed by atoms with Crippen LogP contribution in [0.15, 0.2) is 18.2 Å². The van der Waals surface area contributed by atoms with Crippen molar-refractivity contribution >= 4 is 0 Å². The summed E-state index contributed by atoms with van der Waals surface area (Å²) in [7, 11) is 2.16. The third-order valence-electron chi connectivity index (χ3n) is 4.40. The van der Waals surface area contributed by atoms with Crippen molar-refractivity contribution in [1.82, 2.24) is 9.80 Å². The zero-order valence-electron chi connectivity index (χ0n) is 12.9. The van der Waals surface area contributed by atoms with Crippen LogP contribution in [0.1, 0.15) is 31.4 Å². The summed E-state index contributed by atoms with van der Waals surface area (Å²) in [4.78, 5) is 4.78. The minimum absolute atomic E-state index is 0.324. The van der Waals surface area contributed by atoms with Crippen LogP contribution in [-0.2, 0) is 0 Å². The van der Waals surface area contributed by atoms with E-state index < -0.39 is 11.6 Å². The summed E-state index contributed by atoms with van der Waals surface area (Å²) >= 11 is 0. The molecular weight excluding hydrogens is 272 g/mol. The van der Waals surface area contributed by atoms with E-state index in [1.807, 2.05) is 0 Å². The van der Waals surface area contributed by atoms with Gasteiger partial charge >= 0.3 is 0 Å². The number of likely N-dealkylation sites (N-methyl/N-ethyl adjacent to an activating group) is 1. The van der Waals surface area contributed by atoms with Crippen molar-refractivity contribution in [3.05, 3.63) is 35.4 Å². The second kappa shape index (κ2) is 7.29. The van der Waals surface area contributed by atoms with Gasteiger partial charge in [0.1, 0.15) is 11.6 Å². The molecule has 1 aliphatic heterocycles. The zero-order chi connectivity index (χ0) is 15.4. The fourth-order valence-electron chi connectivity index (χ4n) is 2.93. The van der Waals surface area contributed by atoms with Crippen LogP contribution in [0.3, 0.4) is 0 Å². The molecule has 0 spiro atoms. The fraction of sp³-hybridized carbons (Fsp3) is 0.625. The van der Waals surface area contributed by atoms with Crippen molar-refractivity contribution in [2.75, 3.05) is 33.2 Å². The van der Waals surface area contributed by atoms with Gasteiger partial charge in [0, 0.05) is 44.3 Å². The molecule has 5 heteroatoms. The van der Waals surface area contributed by atoms with Gasteiger partial charge in [-0.15, -0.1) is 0 Å². The van der Waals surface area contributed by atoms with E-state index >= 15 is 0 Å². The first-order chi connectivity index (χ1) is 9.99. The fourth-order valence-corrected chi connectivity index (χ4v) is 2.93. The van der Waals surface area contributed by atoms with Crippen LogP contribution in [-0.4, -0.2) is 49.1 Å². The molecule has 1 aromatic rings. The van der Waals surface area contributed by atoms with E-state index in [-0.39, 0.29) is 6.04 Å². The molecule has 0 radical (unpaired) electrons. The summed E-state index contributed by atoms with van der Waals surface area (Å²) in [6, 6.07) is 3.79. The summed E-state index contributed by atoms with van der Waals surface area (Å²) in [5.74, 6) is -1.13. The molecular formula is C16H25F2N3. The third kappa shape index (κ3) is 4.46. The number of hydrogen-bond acceptors (Lipinski definition) is 3. The molecule has 0 aliphatic carbocycles. The van der Waals surface area contributed by atoms with E-state index in [0.717, 1.165) is 38.7 Å². The number of benzene rings is 1. The van der Waals surface area contributed by atoms with Crippen molar-refractivity contribution in [2.45, 2.75) is 31.8 Å². The minimum Gasteiger partial charge on any atom is -0.324 e. The number of hydrogen-bond donors (Lipinski definition) is 1. The Labute approximate surface area is 125 Å². The average molecular weight is 297 g/mol. The first-order valence-corrected chi connectivity index (χ1v) is 7.63. The van der Waals surface area contributed by atoms with Crippen LogP contribution in [0.2, 0.25) is 0 Å². The van der Waals surface area contributed by atoms with Crippen molar-refractivity contribution in [1.29, 1.82) is 0 Å². The quantitative estimate of drug-likeness (QED) is 0.906. The predicted octanol–water partition coefficient (Wildman–Crippen LogP) is 2.38. The van der Waals surface area contributed by atoms with Gasteiger partial charge in [-0.2, -0.15) is 0 Å². The van der Waals surface area contributed by atoms with Crippen molar-refractivity contribution in [2.24, 2.45) is 5.73 Å². The molecule has 1 aromatic carbocycles. The Bertz CT molecular complexity index is 447. The van der Waals surface area contributed by atoms with Crippen LogP contribution in [0.4, 0.5) is 8.78 Å². The number of piperazine rings is 1. The van der Waals surface area contributed by atoms with Crippen LogP contribution in [0.25, 0.3) is 0 Å². The summed E-state index contributed by atoms with van der Waals surface area (Å²) < 4.78 is 26.4. The van der Waals surface area contributed by atoms with Crippen molar-refractivity contribution in [3.63, 3.8) is 0 Å². The van der Waals surface area contributed by atoms with E-state index in [2.05, 4.69) is 23.8 Å². The lowest BCUT2D eigenvalue weighted by atomic mass is 10.0. The summed E-state index contributed by atoms with van der Waals surface area (Å²) in [6.45, 7) is 6.19. The minimum atomic E-state index is -0.564. The molecule has 2 N–H and O–H groups in total. The molecule has 21 heavy (non-hydrogen) atoms. The molecule has 0 saturated carbocycles. The number of rotatable bonds is 5. The first kappa shape index (κ1) is 16.3. The topological polar surface area (TPSA) is 32.5 Å². The molecule has 3 nitrogen and oxygen atoms in total. The lowest BCUT2D eigenvalue weighted by Gasteiger charge is -2.39. The van der Waals surface area contributed by atoms with Gasteiger partial charge in [-0.05, 0) is 37.6 Å². The van der Waals surface area contributed by atoms with Gasteiger partial charge in [-0.3, -0.25) is 0 Å². The smallest absolute Gasteiger partial charge is 0.126 e. The van der Waals surface area contributed by atoms with Crippen LogP contribution < -0.4 is 5.73 Å². The van der Waals surface area contributed by atoms with E-state index in [4.69, 9.17) is 5.73 Å². The summed E-state index contributed by atoms with van der Waals surface area (Å²) in [5, 5.41) is 0. The standard InChI is InChI=1S/C16H25F2N3/c1-3-15-11-21(7-6-20(15)2)5-4-16(19)12-8-13(17)10-14(18)9-12/h8-10,15-16H,3-7,11,19H2,1-2H3. The molecule has 1 fully saturated rings. The monoisotopic (exact) mass is 297 g/mol. The molecule has 1 saturated heterocycles. The lowest BCUT2D eigenvalue weighted by molar-refractivity contribution is 0.0911. The molecule has 2 rings (SSSR count). The molecule has 2 unspecified atom stereocenters. The summed E-state index contributed by atoms with van der Waals surface area (Å²) in [6.07, 6.45) is 1.84. The molecule has 0 amide bonds. The Morgan fingerprint density at radius 1 is 1.24 bits per heavy atom. The second-order valence-electron chi connectivity index (χ2n) is 5.94. The molecule has 2 atom stereocenters. The summed E-state index contributed by atoms with van der Waals surface area (Å²) in [5.41, 5.74) is 6.61. The van der Waals surface area contributed by atoms with Gasteiger partial charge in [-0.25, -0.2) is 8.78 Å². The molecule has 118 valence electrons. The number of halogens is 2. The molecule has 1 heterocycles. The van der Waals surface area contributed by atoms with Gasteiger partial charge in [0.15, 0.2) is 0 Å². The van der Waals surface area contributed by atoms with E-state index in [0.29, 0.717) is 18.0 Å². The number of nitrogens with two attached hydrogens (primary N) is 1. The molecule has 1 aliphatic rings. The zero-order valence-corrected chi connectivity index (χ0v) is 12.9. The van der Waals surface area contributed by atoms with E-state index in [1.165, 1.54) is 12.1 Å². The maximum atomic E-state index is 13.2. The van der Waals surface area contributed by atoms with Gasteiger partial charge in [0.2, 0.25) is 0 Å². The maximum absolute atomic E-state index is 13.2. The Kier molecular flexibility index (Phi) is 5.67. The Hall–Kier alpha value is -1.04. The Balaban J connectivity index is 1.87. The van der Waals surface area contributed by atoms with Crippen molar-refractivity contribution < 1.29 is 8.78 Å². The second-order valence-corrected chi connectivity index (χ2v) is 5.94. The Morgan fingerprint density at radius 2 is 1.90 bits per heavy atom.